The Balaban J connectivity index is 2.32. The van der Waals surface area contributed by atoms with Crippen LogP contribution in [0.2, 0.25) is 0 Å². The van der Waals surface area contributed by atoms with E-state index in [9.17, 15) is 8.42 Å². The lowest BCUT2D eigenvalue weighted by Gasteiger charge is -2.15. The van der Waals surface area contributed by atoms with Gasteiger partial charge in [0.1, 0.15) is 6.04 Å². The number of hydrogen-bond donors (Lipinski definition) is 1. The van der Waals surface area contributed by atoms with Gasteiger partial charge in [-0.1, -0.05) is 61.2 Å². The molecule has 0 aliphatic rings. The largest absolute Gasteiger partial charge is 0.241 e. The van der Waals surface area contributed by atoms with Crippen LogP contribution in [0.5, 0.6) is 0 Å². The molecule has 0 amide bonds. The maximum Gasteiger partial charge on any atom is 0.241 e. The third kappa shape index (κ3) is 6.62. The first-order chi connectivity index (χ1) is 12.9. The highest BCUT2D eigenvalue weighted by molar-refractivity contribution is 7.89. The molecule has 5 heteroatoms. The molecule has 0 saturated carbocycles. The van der Waals surface area contributed by atoms with Gasteiger partial charge < -0.3 is 0 Å². The van der Waals surface area contributed by atoms with E-state index in [0.29, 0.717) is 19.5 Å². The Bertz CT molecular complexity index is 874. The van der Waals surface area contributed by atoms with Gasteiger partial charge in [-0.05, 0) is 43.2 Å². The number of nitrogens with zero attached hydrogens (tertiary/aromatic N) is 1. The van der Waals surface area contributed by atoms with Crippen molar-refractivity contribution in [2.45, 2.75) is 24.3 Å². The van der Waals surface area contributed by atoms with Crippen molar-refractivity contribution in [1.29, 1.82) is 0 Å². The summed E-state index contributed by atoms with van der Waals surface area (Å²) >= 11 is 0. The van der Waals surface area contributed by atoms with E-state index in [1.54, 1.807) is 36.4 Å². The second kappa shape index (κ2) is 10.00. The maximum absolute atomic E-state index is 12.9. The fourth-order valence-electron chi connectivity index (χ4n) is 2.76. The van der Waals surface area contributed by atoms with Crippen molar-refractivity contribution in [3.63, 3.8) is 0 Å². The first-order valence-electron chi connectivity index (χ1n) is 8.88. The van der Waals surface area contributed by atoms with Crippen molar-refractivity contribution < 1.29 is 13.0 Å². The van der Waals surface area contributed by atoms with Crippen molar-refractivity contribution in [3.8, 4) is 0 Å². The summed E-state index contributed by atoms with van der Waals surface area (Å²) in [5, 5.41) is 0. The molecule has 1 atom stereocenters. The summed E-state index contributed by atoms with van der Waals surface area (Å²) in [4.78, 5) is 0.263. The molecule has 0 saturated heterocycles. The number of aryl methyl sites for hydroxylation is 1. The monoisotopic (exact) mass is 383 g/mol. The van der Waals surface area contributed by atoms with Crippen molar-refractivity contribution in [1.82, 2.24) is 4.72 Å². The number of nitrogens with one attached hydrogen (secondary N) is 1. The van der Waals surface area contributed by atoms with Gasteiger partial charge in [-0.25, -0.2) is 13.0 Å². The van der Waals surface area contributed by atoms with Gasteiger partial charge in [0, 0.05) is 0 Å². The standard InChI is InChI=1S/C22H27N2O2S/c1-4-15-24(16-5-2)18-21(17-20-9-7-6-8-10-20)23-27(25,26)22-13-11-19(3)12-14-22/h4-14,18,21,23H,1-2,15-17H2,3H3/q+1/t21-/m0/s1. The molecule has 0 radical (unpaired) electrons. The molecule has 2 aromatic carbocycles. The predicted molar refractivity (Wildman–Crippen MR) is 112 cm³/mol. The molecule has 0 aliphatic carbocycles. The van der Waals surface area contributed by atoms with Gasteiger partial charge >= 0.3 is 0 Å². The fraction of sp³-hybridized carbons (Fsp3) is 0.227. The first-order valence-corrected chi connectivity index (χ1v) is 10.4. The zero-order valence-corrected chi connectivity index (χ0v) is 16.5. The molecule has 0 aliphatic heterocycles. The van der Waals surface area contributed by atoms with E-state index in [1.165, 1.54) is 0 Å². The molecule has 142 valence electrons. The van der Waals surface area contributed by atoms with E-state index < -0.39 is 16.1 Å². The Morgan fingerprint density at radius 1 is 1.00 bits per heavy atom. The molecule has 0 spiro atoms. The Hall–Kier alpha value is -2.50. The van der Waals surface area contributed by atoms with Crippen LogP contribution in [0.25, 0.3) is 0 Å². The van der Waals surface area contributed by atoms with Crippen LogP contribution in [0.1, 0.15) is 11.1 Å². The average Bonchev–Trinajstić information content (AvgIpc) is 2.63. The molecule has 1 N–H and O–H groups in total. The Kier molecular flexibility index (Phi) is 7.70. The third-order valence-electron chi connectivity index (χ3n) is 4.05. The van der Waals surface area contributed by atoms with Crippen LogP contribution < -0.4 is 4.72 Å². The highest BCUT2D eigenvalue weighted by Gasteiger charge is 2.22. The Morgan fingerprint density at radius 2 is 1.59 bits per heavy atom. The summed E-state index contributed by atoms with van der Waals surface area (Å²) < 4.78 is 30.5. The van der Waals surface area contributed by atoms with Gasteiger partial charge in [0.05, 0.1) is 4.90 Å². The molecule has 0 unspecified atom stereocenters. The first kappa shape index (κ1) is 20.8. The Morgan fingerprint density at radius 3 is 2.15 bits per heavy atom. The van der Waals surface area contributed by atoms with E-state index >= 15 is 0 Å². The van der Waals surface area contributed by atoms with Crippen molar-refractivity contribution in [2.75, 3.05) is 13.1 Å². The molecule has 2 rings (SSSR count). The maximum atomic E-state index is 12.9. The van der Waals surface area contributed by atoms with Crippen molar-refractivity contribution >= 4 is 16.2 Å². The minimum atomic E-state index is -3.63. The summed E-state index contributed by atoms with van der Waals surface area (Å²) in [7, 11) is -3.63. The number of sulfonamides is 1. The van der Waals surface area contributed by atoms with Crippen LogP contribution in [-0.2, 0) is 16.4 Å². The topological polar surface area (TPSA) is 49.2 Å². The summed E-state index contributed by atoms with van der Waals surface area (Å²) in [6.07, 6.45) is 6.03. The summed E-state index contributed by atoms with van der Waals surface area (Å²) in [5.41, 5.74) is 2.08. The third-order valence-corrected chi connectivity index (χ3v) is 5.56. The van der Waals surface area contributed by atoms with E-state index in [4.69, 9.17) is 0 Å². The number of benzene rings is 2. The minimum absolute atomic E-state index is 0.263. The minimum Gasteiger partial charge on any atom is -0.231 e. The van der Waals surface area contributed by atoms with Crippen LogP contribution in [-0.4, -0.2) is 38.3 Å². The van der Waals surface area contributed by atoms with Crippen LogP contribution in [0.15, 0.2) is 84.8 Å². The molecular formula is C22H27N2O2S+. The zero-order valence-electron chi connectivity index (χ0n) is 15.7. The Labute approximate surface area is 162 Å². The van der Waals surface area contributed by atoms with Crippen LogP contribution >= 0.6 is 0 Å². The van der Waals surface area contributed by atoms with Gasteiger partial charge in [-0.3, -0.25) is 0 Å². The molecule has 4 nitrogen and oxygen atoms in total. The second-order valence-corrected chi connectivity index (χ2v) is 8.12. The number of rotatable bonds is 10. The average molecular weight is 384 g/mol. The lowest BCUT2D eigenvalue weighted by molar-refractivity contribution is -0.504. The van der Waals surface area contributed by atoms with E-state index in [1.807, 2.05) is 48.0 Å². The fourth-order valence-corrected chi connectivity index (χ4v) is 3.93. The van der Waals surface area contributed by atoms with Gasteiger partial charge in [0.15, 0.2) is 19.3 Å². The molecular weight excluding hydrogens is 356 g/mol. The molecule has 0 bridgehead atoms. The van der Waals surface area contributed by atoms with Crippen LogP contribution in [0, 0.1) is 6.92 Å². The van der Waals surface area contributed by atoms with Gasteiger partial charge in [-0.15, -0.1) is 0 Å². The molecule has 2 aromatic rings. The van der Waals surface area contributed by atoms with Gasteiger partial charge in [0.2, 0.25) is 10.0 Å². The quantitative estimate of drug-likeness (QED) is 0.389. The molecule has 0 heterocycles. The van der Waals surface area contributed by atoms with Gasteiger partial charge in [0.25, 0.3) is 0 Å². The summed E-state index contributed by atoms with van der Waals surface area (Å²) in [6, 6.07) is 16.3. The molecule has 0 fully saturated rings. The highest BCUT2D eigenvalue weighted by atomic mass is 32.2. The molecule has 0 aromatic heterocycles. The lowest BCUT2D eigenvalue weighted by Crippen LogP contribution is -2.40. The molecule has 27 heavy (non-hydrogen) atoms. The van der Waals surface area contributed by atoms with Gasteiger partial charge in [-0.2, -0.15) is 4.72 Å². The summed E-state index contributed by atoms with van der Waals surface area (Å²) in [5.74, 6) is 0. The zero-order chi connectivity index (χ0) is 19.7. The SMILES string of the molecule is C=CC[N+](=C[C@H](Cc1ccccc1)NS(=O)(=O)c1ccc(C)cc1)CC=C. The predicted octanol–water partition coefficient (Wildman–Crippen LogP) is 3.34. The summed E-state index contributed by atoms with van der Waals surface area (Å²) in [6.45, 7) is 10.7. The van der Waals surface area contributed by atoms with Crippen LogP contribution in [0.4, 0.5) is 0 Å². The van der Waals surface area contributed by atoms with E-state index in [0.717, 1.165) is 11.1 Å². The highest BCUT2D eigenvalue weighted by Crippen LogP contribution is 2.12. The number of hydrogen-bond acceptors (Lipinski definition) is 2. The second-order valence-electron chi connectivity index (χ2n) is 6.41. The normalized spacial score (nSPS) is 12.2. The van der Waals surface area contributed by atoms with E-state index in [-0.39, 0.29) is 4.90 Å². The van der Waals surface area contributed by atoms with Crippen molar-refractivity contribution in [3.05, 3.63) is 91.0 Å². The lowest BCUT2D eigenvalue weighted by atomic mass is 10.1. The van der Waals surface area contributed by atoms with Crippen LogP contribution in [0.3, 0.4) is 0 Å². The smallest absolute Gasteiger partial charge is 0.231 e. The van der Waals surface area contributed by atoms with E-state index in [2.05, 4.69) is 17.9 Å². The van der Waals surface area contributed by atoms with Crippen molar-refractivity contribution in [2.24, 2.45) is 0 Å².